The molecule has 8 atom stereocenters. The van der Waals surface area contributed by atoms with Gasteiger partial charge in [-0.1, -0.05) is 57.5 Å². The maximum absolute atomic E-state index is 15.0. The van der Waals surface area contributed by atoms with E-state index in [4.69, 9.17) is 9.47 Å². The quantitative estimate of drug-likeness (QED) is 0.182. The minimum atomic E-state index is -1.23. The zero-order chi connectivity index (χ0) is 31.7. The number of ether oxygens (including phenoxy) is 2. The fourth-order valence-corrected chi connectivity index (χ4v) is 7.94. The van der Waals surface area contributed by atoms with Crippen LogP contribution in [0.25, 0.3) is 0 Å². The number of unbranched alkanes of at least 4 members (excludes halogenated alkanes) is 2. The molecular formula is C35H50N2O6. The molecular weight excluding hydrogens is 544 g/mol. The van der Waals surface area contributed by atoms with Crippen LogP contribution < -0.4 is 4.90 Å². The first-order chi connectivity index (χ1) is 20.4. The molecule has 0 radical (unpaired) electrons. The van der Waals surface area contributed by atoms with E-state index in [-0.39, 0.29) is 43.4 Å². The number of carbonyl (C=O) groups excluding carboxylic acids is 3. The summed E-state index contributed by atoms with van der Waals surface area (Å²) in [6.45, 7) is 19.7. The summed E-state index contributed by atoms with van der Waals surface area (Å²) >= 11 is 0. The second-order valence-corrected chi connectivity index (χ2v) is 13.0. The number of hydrogen-bond donors (Lipinski definition) is 1. The highest BCUT2D eigenvalue weighted by Crippen LogP contribution is 2.66. The molecule has 0 aliphatic carbocycles. The van der Waals surface area contributed by atoms with Gasteiger partial charge >= 0.3 is 5.97 Å². The molecule has 8 nitrogen and oxygen atoms in total. The number of benzene rings is 1. The first kappa shape index (κ1) is 32.9. The molecule has 1 spiro atoms. The highest BCUT2D eigenvalue weighted by atomic mass is 16.6. The van der Waals surface area contributed by atoms with Gasteiger partial charge in [-0.25, -0.2) is 0 Å². The fraction of sp³-hybridized carbons (Fsp3) is 0.629. The SMILES string of the molecule is C=CCCCCOC(=O)[C@H]1[C@H]2C(=O)N([C@@H](CO)[C@@H](C)CC)C(C(=O)N(CC=C)c3c(C)cccc3C)C23CC(C)[C@]1(C)O3. The molecule has 0 aromatic heterocycles. The first-order valence-corrected chi connectivity index (χ1v) is 15.8. The fourth-order valence-electron chi connectivity index (χ4n) is 7.94. The number of likely N-dealkylation sites (tertiary alicyclic amines) is 1. The van der Waals surface area contributed by atoms with Gasteiger partial charge in [-0.3, -0.25) is 14.4 Å². The van der Waals surface area contributed by atoms with Gasteiger partial charge < -0.3 is 24.4 Å². The molecule has 2 amide bonds. The zero-order valence-corrected chi connectivity index (χ0v) is 26.8. The van der Waals surface area contributed by atoms with Crippen molar-refractivity contribution in [1.82, 2.24) is 4.90 Å². The molecule has 0 saturated carbocycles. The molecule has 3 fully saturated rings. The Morgan fingerprint density at radius 2 is 1.91 bits per heavy atom. The maximum Gasteiger partial charge on any atom is 0.312 e. The molecule has 3 heterocycles. The molecule has 3 aliphatic rings. The molecule has 236 valence electrons. The molecule has 4 rings (SSSR count). The van der Waals surface area contributed by atoms with Crippen LogP contribution in [0.5, 0.6) is 0 Å². The Morgan fingerprint density at radius 3 is 2.49 bits per heavy atom. The standard InChI is InChI=1S/C35H50N2O6/c1-9-12-13-14-19-42-33(41)28-27-31(39)37(26(21-38)22(4)11-3)30(35(27)20-25(7)34(28,8)43-35)32(40)36(18-10-2)29-23(5)16-15-17-24(29)6/h9-10,15-17,22,25-28,30,38H,1-2,11-14,18-21H2,3-8H3/t22-,25?,26-,27-,28+,30?,34-,35?/m0/s1. The number of amides is 2. The van der Waals surface area contributed by atoms with Gasteiger partial charge in [-0.05, 0) is 69.4 Å². The Bertz CT molecular complexity index is 1230. The van der Waals surface area contributed by atoms with Gasteiger partial charge in [-0.2, -0.15) is 0 Å². The summed E-state index contributed by atoms with van der Waals surface area (Å²) < 4.78 is 12.7. The highest BCUT2D eigenvalue weighted by molar-refractivity contribution is 6.05. The lowest BCUT2D eigenvalue weighted by Gasteiger charge is -2.41. The van der Waals surface area contributed by atoms with Gasteiger partial charge in [0.25, 0.3) is 5.91 Å². The van der Waals surface area contributed by atoms with E-state index >= 15 is 4.79 Å². The lowest BCUT2D eigenvalue weighted by Crippen LogP contribution is -2.60. The Kier molecular flexibility index (Phi) is 9.92. The predicted molar refractivity (Wildman–Crippen MR) is 167 cm³/mol. The van der Waals surface area contributed by atoms with Crippen LogP contribution >= 0.6 is 0 Å². The number of hydrogen-bond acceptors (Lipinski definition) is 6. The number of anilines is 1. The van der Waals surface area contributed by atoms with E-state index in [0.717, 1.165) is 29.7 Å². The van der Waals surface area contributed by atoms with E-state index in [9.17, 15) is 14.7 Å². The average molecular weight is 595 g/mol. The largest absolute Gasteiger partial charge is 0.465 e. The summed E-state index contributed by atoms with van der Waals surface area (Å²) in [6, 6.07) is 4.23. The minimum absolute atomic E-state index is 0.0898. The summed E-state index contributed by atoms with van der Waals surface area (Å²) in [4.78, 5) is 46.8. The van der Waals surface area contributed by atoms with Crippen molar-refractivity contribution in [2.75, 3.05) is 24.7 Å². The first-order valence-electron chi connectivity index (χ1n) is 15.8. The van der Waals surface area contributed by atoms with Crippen molar-refractivity contribution < 1.29 is 29.0 Å². The van der Waals surface area contributed by atoms with Crippen LogP contribution in [0.1, 0.15) is 70.9 Å². The Hall–Kier alpha value is -2.97. The lowest BCUT2D eigenvalue weighted by molar-refractivity contribution is -0.163. The number of carbonyl (C=O) groups is 3. The number of nitrogens with zero attached hydrogens (tertiary/aromatic N) is 2. The van der Waals surface area contributed by atoms with Crippen LogP contribution in [-0.4, -0.2) is 70.8 Å². The number of para-hydroxylation sites is 1. The molecule has 8 heteroatoms. The van der Waals surface area contributed by atoms with E-state index in [0.29, 0.717) is 19.3 Å². The van der Waals surface area contributed by atoms with E-state index < -0.39 is 41.1 Å². The molecule has 2 bridgehead atoms. The van der Waals surface area contributed by atoms with Crippen molar-refractivity contribution in [2.45, 2.75) is 96.9 Å². The second-order valence-electron chi connectivity index (χ2n) is 13.0. The third kappa shape index (κ3) is 5.35. The highest BCUT2D eigenvalue weighted by Gasteiger charge is 2.81. The van der Waals surface area contributed by atoms with Crippen LogP contribution in [0.15, 0.2) is 43.5 Å². The lowest BCUT2D eigenvalue weighted by atomic mass is 9.62. The Labute approximate surface area is 257 Å². The molecule has 1 N–H and O–H groups in total. The van der Waals surface area contributed by atoms with Gasteiger partial charge in [0.1, 0.15) is 17.6 Å². The van der Waals surface area contributed by atoms with Crippen LogP contribution in [-0.2, 0) is 23.9 Å². The summed E-state index contributed by atoms with van der Waals surface area (Å²) in [5.41, 5.74) is 0.430. The third-order valence-corrected chi connectivity index (χ3v) is 10.4. The Balaban J connectivity index is 1.84. The van der Waals surface area contributed by atoms with E-state index in [2.05, 4.69) is 13.2 Å². The molecule has 1 aromatic rings. The number of aliphatic hydroxyl groups excluding tert-OH is 1. The van der Waals surface area contributed by atoms with Crippen molar-refractivity contribution in [3.05, 3.63) is 54.6 Å². The minimum Gasteiger partial charge on any atom is -0.465 e. The number of allylic oxidation sites excluding steroid dienone is 1. The molecule has 3 saturated heterocycles. The normalized spacial score (nSPS) is 30.6. The van der Waals surface area contributed by atoms with Crippen molar-refractivity contribution in [3.8, 4) is 0 Å². The van der Waals surface area contributed by atoms with Gasteiger partial charge in [0.15, 0.2) is 0 Å². The monoisotopic (exact) mass is 594 g/mol. The summed E-state index contributed by atoms with van der Waals surface area (Å²) in [6.07, 6.45) is 7.05. The van der Waals surface area contributed by atoms with Crippen molar-refractivity contribution in [2.24, 2.45) is 23.7 Å². The van der Waals surface area contributed by atoms with Gasteiger partial charge in [-0.15, -0.1) is 13.2 Å². The molecule has 3 unspecified atom stereocenters. The summed E-state index contributed by atoms with van der Waals surface area (Å²) in [7, 11) is 0. The number of aliphatic hydroxyl groups is 1. The summed E-state index contributed by atoms with van der Waals surface area (Å²) in [5, 5.41) is 10.7. The number of fused-ring (bicyclic) bond motifs is 1. The van der Waals surface area contributed by atoms with Crippen LogP contribution in [0, 0.1) is 37.5 Å². The smallest absolute Gasteiger partial charge is 0.312 e. The van der Waals surface area contributed by atoms with Gasteiger partial charge in [0.2, 0.25) is 5.91 Å². The van der Waals surface area contributed by atoms with Crippen LogP contribution in [0.4, 0.5) is 5.69 Å². The second kappa shape index (κ2) is 12.9. The van der Waals surface area contributed by atoms with Crippen molar-refractivity contribution in [3.63, 3.8) is 0 Å². The maximum atomic E-state index is 15.0. The molecule has 1 aromatic carbocycles. The topological polar surface area (TPSA) is 96.4 Å². The summed E-state index contributed by atoms with van der Waals surface area (Å²) in [5.74, 6) is -2.99. The number of aryl methyl sites for hydroxylation is 2. The number of rotatable bonds is 14. The van der Waals surface area contributed by atoms with Crippen molar-refractivity contribution >= 4 is 23.5 Å². The molecule has 3 aliphatic heterocycles. The van der Waals surface area contributed by atoms with E-state index in [1.54, 1.807) is 15.9 Å². The van der Waals surface area contributed by atoms with Crippen molar-refractivity contribution in [1.29, 1.82) is 0 Å². The third-order valence-electron chi connectivity index (χ3n) is 10.4. The van der Waals surface area contributed by atoms with Crippen LogP contribution in [0.2, 0.25) is 0 Å². The van der Waals surface area contributed by atoms with E-state index in [1.165, 1.54) is 0 Å². The number of esters is 1. The molecule has 43 heavy (non-hydrogen) atoms. The average Bonchev–Trinajstić information content (AvgIpc) is 3.48. The van der Waals surface area contributed by atoms with Gasteiger partial charge in [0, 0.05) is 12.2 Å². The van der Waals surface area contributed by atoms with Gasteiger partial charge in [0.05, 0.1) is 30.8 Å². The van der Waals surface area contributed by atoms with E-state index in [1.807, 2.05) is 65.8 Å². The predicted octanol–water partition coefficient (Wildman–Crippen LogP) is 5.14. The van der Waals surface area contributed by atoms with Crippen LogP contribution in [0.3, 0.4) is 0 Å². The zero-order valence-electron chi connectivity index (χ0n) is 26.8. The Morgan fingerprint density at radius 1 is 1.23 bits per heavy atom.